The van der Waals surface area contributed by atoms with Crippen LogP contribution >= 0.6 is 0 Å². The zero-order valence-corrected chi connectivity index (χ0v) is 14.2. The van der Waals surface area contributed by atoms with Crippen LogP contribution in [0.2, 0.25) is 0 Å². The molecule has 0 atom stereocenters. The first-order valence-electron chi connectivity index (χ1n) is 6.71. The lowest BCUT2D eigenvalue weighted by Crippen LogP contribution is -2.46. The van der Waals surface area contributed by atoms with Crippen molar-refractivity contribution < 1.29 is 27.5 Å². The van der Waals surface area contributed by atoms with Crippen molar-refractivity contribution in [2.24, 2.45) is 0 Å². The molecule has 0 aliphatic rings. The summed E-state index contributed by atoms with van der Waals surface area (Å²) in [6.45, 7) is 4.67. The third kappa shape index (κ3) is 6.55. The summed E-state index contributed by atoms with van der Waals surface area (Å²) in [5.41, 5.74) is -0.171. The predicted molar refractivity (Wildman–Crippen MR) is 82.7 cm³/mol. The number of nitrogens with zero attached hydrogens (tertiary/aromatic N) is 1. The van der Waals surface area contributed by atoms with E-state index in [0.29, 0.717) is 9.87 Å². The smallest absolute Gasteiger partial charge is 0.425 e. The van der Waals surface area contributed by atoms with Gasteiger partial charge >= 0.3 is 22.4 Å². The maximum absolute atomic E-state index is 11.9. The Balaban J connectivity index is 2.59. The number of benzene rings is 1. The van der Waals surface area contributed by atoms with Crippen LogP contribution in [0, 0.1) is 0 Å². The van der Waals surface area contributed by atoms with Gasteiger partial charge in [-0.25, -0.2) is 14.3 Å². The van der Waals surface area contributed by atoms with E-state index in [1.807, 2.05) is 0 Å². The molecule has 9 heteroatoms. The van der Waals surface area contributed by atoms with Crippen LogP contribution in [0.25, 0.3) is 0 Å². The molecule has 128 valence electrons. The average molecular weight is 344 g/mol. The zero-order valence-electron chi connectivity index (χ0n) is 13.4. The largest absolute Gasteiger partial charge is 0.444 e. The lowest BCUT2D eigenvalue weighted by Gasteiger charge is -2.24. The Bertz CT molecular complexity index is 652. The molecule has 0 spiro atoms. The van der Waals surface area contributed by atoms with Crippen LogP contribution in [0.4, 0.5) is 9.59 Å². The summed E-state index contributed by atoms with van der Waals surface area (Å²) >= 11 is 0. The molecule has 0 unspecified atom stereocenters. The monoisotopic (exact) mass is 344 g/mol. The lowest BCUT2D eigenvalue weighted by atomic mass is 10.2. The molecule has 0 bridgehead atoms. The predicted octanol–water partition coefficient (Wildman–Crippen LogP) is 2.02. The molecule has 0 saturated heterocycles. The van der Waals surface area contributed by atoms with Gasteiger partial charge in [-0.15, -0.1) is 0 Å². The van der Waals surface area contributed by atoms with Gasteiger partial charge in [-0.1, -0.05) is 30.3 Å². The van der Waals surface area contributed by atoms with Crippen LogP contribution in [0.3, 0.4) is 0 Å². The molecule has 0 aromatic heterocycles. The number of carbonyl (C=O) groups is 2. The number of nitrogens with one attached hydrogen (secondary N) is 1. The molecule has 1 aromatic rings. The van der Waals surface area contributed by atoms with E-state index in [0.717, 1.165) is 7.05 Å². The highest BCUT2D eigenvalue weighted by molar-refractivity contribution is 7.88. The maximum Gasteiger partial charge on any atom is 0.425 e. The van der Waals surface area contributed by atoms with E-state index in [2.05, 4.69) is 0 Å². The molecule has 23 heavy (non-hydrogen) atoms. The van der Waals surface area contributed by atoms with Gasteiger partial charge in [0, 0.05) is 7.05 Å². The SMILES string of the molecule is CN(C(=O)OC(C)(C)C)S(=O)(=O)NC(=O)OCc1ccccc1. The van der Waals surface area contributed by atoms with E-state index in [1.165, 1.54) is 0 Å². The van der Waals surface area contributed by atoms with Crippen molar-refractivity contribution in [1.29, 1.82) is 0 Å². The molecule has 1 rings (SSSR count). The fraction of sp³-hybridized carbons (Fsp3) is 0.429. The third-order valence-corrected chi connectivity index (χ3v) is 3.73. The highest BCUT2D eigenvalue weighted by atomic mass is 32.2. The molecule has 0 aliphatic heterocycles. The third-order valence-electron chi connectivity index (χ3n) is 2.44. The molecular weight excluding hydrogens is 324 g/mol. The highest BCUT2D eigenvalue weighted by Crippen LogP contribution is 2.10. The Morgan fingerprint density at radius 3 is 2.26 bits per heavy atom. The van der Waals surface area contributed by atoms with Crippen LogP contribution in [0.1, 0.15) is 26.3 Å². The Morgan fingerprint density at radius 2 is 1.74 bits per heavy atom. The van der Waals surface area contributed by atoms with Gasteiger partial charge in [-0.3, -0.25) is 0 Å². The topological polar surface area (TPSA) is 102 Å². The molecule has 1 aromatic carbocycles. The number of carbonyl (C=O) groups excluding carboxylic acids is 2. The second-order valence-electron chi connectivity index (χ2n) is 5.62. The van der Waals surface area contributed by atoms with Crippen LogP contribution in [0.5, 0.6) is 0 Å². The van der Waals surface area contributed by atoms with Crippen molar-refractivity contribution in [3.05, 3.63) is 35.9 Å². The Hall–Kier alpha value is -2.29. The fourth-order valence-electron chi connectivity index (χ4n) is 1.35. The average Bonchev–Trinajstić information content (AvgIpc) is 2.43. The van der Waals surface area contributed by atoms with Crippen LogP contribution in [-0.2, 0) is 26.3 Å². The zero-order chi connectivity index (χ0) is 17.7. The number of amides is 2. The van der Waals surface area contributed by atoms with Gasteiger partial charge in [0.2, 0.25) is 0 Å². The van der Waals surface area contributed by atoms with Crippen molar-refractivity contribution in [1.82, 2.24) is 9.03 Å². The molecule has 1 N–H and O–H groups in total. The number of hydrogen-bond acceptors (Lipinski definition) is 6. The van der Waals surface area contributed by atoms with Crippen molar-refractivity contribution >= 4 is 22.4 Å². The lowest BCUT2D eigenvalue weighted by molar-refractivity contribution is 0.0419. The minimum Gasteiger partial charge on any atom is -0.444 e. The molecule has 0 aliphatic carbocycles. The normalized spacial score (nSPS) is 11.5. The second-order valence-corrected chi connectivity index (χ2v) is 7.32. The van der Waals surface area contributed by atoms with E-state index < -0.39 is 28.0 Å². The molecular formula is C14H20N2O6S. The van der Waals surface area contributed by atoms with Gasteiger partial charge in [0.1, 0.15) is 12.2 Å². The van der Waals surface area contributed by atoms with Crippen molar-refractivity contribution in [2.45, 2.75) is 33.0 Å². The Labute approximate surface area is 135 Å². The molecule has 8 nitrogen and oxygen atoms in total. The van der Waals surface area contributed by atoms with Crippen LogP contribution < -0.4 is 4.72 Å². The van der Waals surface area contributed by atoms with Gasteiger partial charge in [-0.2, -0.15) is 12.7 Å². The summed E-state index contributed by atoms with van der Waals surface area (Å²) in [7, 11) is -3.43. The first kappa shape index (κ1) is 18.8. The van der Waals surface area contributed by atoms with Crippen LogP contribution in [-0.4, -0.2) is 37.6 Å². The molecule has 0 saturated carbocycles. The van der Waals surface area contributed by atoms with Gasteiger partial charge in [0.25, 0.3) is 0 Å². The van der Waals surface area contributed by atoms with E-state index in [9.17, 15) is 18.0 Å². The first-order chi connectivity index (χ1) is 10.5. The second kappa shape index (κ2) is 7.32. The molecule has 0 fully saturated rings. The Morgan fingerprint density at radius 1 is 1.17 bits per heavy atom. The first-order valence-corrected chi connectivity index (χ1v) is 8.15. The number of hydrogen-bond donors (Lipinski definition) is 1. The van der Waals surface area contributed by atoms with E-state index in [-0.39, 0.29) is 6.61 Å². The minimum atomic E-state index is -4.40. The van der Waals surface area contributed by atoms with Gasteiger partial charge in [-0.05, 0) is 26.3 Å². The standard InChI is InChI=1S/C14H20N2O6S/c1-14(2,3)22-13(18)16(4)23(19,20)15-12(17)21-10-11-8-6-5-7-9-11/h5-9H,10H2,1-4H3,(H,15,17). The fourth-order valence-corrected chi connectivity index (χ4v) is 1.99. The summed E-state index contributed by atoms with van der Waals surface area (Å²) < 4.78 is 35.4. The summed E-state index contributed by atoms with van der Waals surface area (Å²) in [5.74, 6) is 0. The van der Waals surface area contributed by atoms with Crippen molar-refractivity contribution in [2.75, 3.05) is 7.05 Å². The summed E-state index contributed by atoms with van der Waals surface area (Å²) in [5, 5.41) is 0. The highest BCUT2D eigenvalue weighted by Gasteiger charge is 2.30. The Kier molecular flexibility index (Phi) is 5.97. The van der Waals surface area contributed by atoms with Gasteiger partial charge in [0.05, 0.1) is 0 Å². The quantitative estimate of drug-likeness (QED) is 0.896. The summed E-state index contributed by atoms with van der Waals surface area (Å²) in [6.07, 6.45) is -2.30. The van der Waals surface area contributed by atoms with Crippen LogP contribution in [0.15, 0.2) is 30.3 Å². The summed E-state index contributed by atoms with van der Waals surface area (Å²) in [4.78, 5) is 23.3. The van der Waals surface area contributed by atoms with E-state index in [4.69, 9.17) is 9.47 Å². The molecule has 0 radical (unpaired) electrons. The maximum atomic E-state index is 11.9. The van der Waals surface area contributed by atoms with Crippen molar-refractivity contribution in [3.63, 3.8) is 0 Å². The van der Waals surface area contributed by atoms with E-state index >= 15 is 0 Å². The van der Waals surface area contributed by atoms with Crippen molar-refractivity contribution in [3.8, 4) is 0 Å². The molecule has 0 heterocycles. The van der Waals surface area contributed by atoms with Gasteiger partial charge in [0.15, 0.2) is 0 Å². The molecule has 2 amide bonds. The number of rotatable bonds is 4. The minimum absolute atomic E-state index is 0.0989. The summed E-state index contributed by atoms with van der Waals surface area (Å²) in [6, 6.07) is 8.74. The van der Waals surface area contributed by atoms with Gasteiger partial charge < -0.3 is 9.47 Å². The van der Waals surface area contributed by atoms with E-state index in [1.54, 1.807) is 55.8 Å². The number of ether oxygens (including phenoxy) is 2.